The molecular weight excluding hydrogens is 212 g/mol. The number of aromatic nitrogens is 2. The van der Waals surface area contributed by atoms with E-state index in [4.69, 9.17) is 0 Å². The second-order valence-corrected chi connectivity index (χ2v) is 4.92. The molecule has 1 unspecified atom stereocenters. The van der Waals surface area contributed by atoms with Gasteiger partial charge in [-0.3, -0.25) is 9.88 Å². The van der Waals surface area contributed by atoms with Crippen molar-refractivity contribution in [1.29, 1.82) is 0 Å². The summed E-state index contributed by atoms with van der Waals surface area (Å²) in [5.74, 6) is 1.75. The number of nitrogens with zero attached hydrogens (tertiary/aromatic N) is 3. The first-order valence-corrected chi connectivity index (χ1v) is 6.45. The fourth-order valence-corrected chi connectivity index (χ4v) is 2.05. The Labute approximate surface area is 103 Å². The zero-order valence-corrected chi connectivity index (χ0v) is 11.0. The van der Waals surface area contributed by atoms with Gasteiger partial charge in [0.05, 0.1) is 18.1 Å². The Hall–Kier alpha value is -1.16. The monoisotopic (exact) mass is 234 g/mol. The first kappa shape index (κ1) is 12.3. The summed E-state index contributed by atoms with van der Waals surface area (Å²) < 4.78 is 0. The van der Waals surface area contributed by atoms with Crippen LogP contribution in [0.1, 0.15) is 32.4 Å². The largest absolute Gasteiger partial charge is 0.369 e. The second-order valence-electron chi connectivity index (χ2n) is 4.92. The van der Waals surface area contributed by atoms with E-state index in [-0.39, 0.29) is 0 Å². The van der Waals surface area contributed by atoms with Gasteiger partial charge in [-0.1, -0.05) is 0 Å². The third-order valence-electron chi connectivity index (χ3n) is 3.47. The molecule has 0 saturated heterocycles. The van der Waals surface area contributed by atoms with E-state index in [9.17, 15) is 0 Å². The predicted octanol–water partition coefficient (Wildman–Crippen LogP) is 2.14. The lowest BCUT2D eigenvalue weighted by Gasteiger charge is -2.23. The molecule has 4 heteroatoms. The summed E-state index contributed by atoms with van der Waals surface area (Å²) in [4.78, 5) is 11.1. The van der Waals surface area contributed by atoms with Gasteiger partial charge in [0.15, 0.2) is 0 Å². The minimum absolute atomic E-state index is 0.658. The molecule has 1 N–H and O–H groups in total. The quantitative estimate of drug-likeness (QED) is 0.818. The van der Waals surface area contributed by atoms with Gasteiger partial charge in [0.2, 0.25) is 0 Å². The molecule has 0 bridgehead atoms. The maximum Gasteiger partial charge on any atom is 0.144 e. The van der Waals surface area contributed by atoms with Crippen LogP contribution in [0, 0.1) is 5.92 Å². The van der Waals surface area contributed by atoms with Crippen LogP contribution in [0.3, 0.4) is 0 Å². The highest BCUT2D eigenvalue weighted by atomic mass is 15.1. The van der Waals surface area contributed by atoms with E-state index in [0.717, 1.165) is 30.5 Å². The Morgan fingerprint density at radius 1 is 1.41 bits per heavy atom. The van der Waals surface area contributed by atoms with Gasteiger partial charge in [-0.25, -0.2) is 4.98 Å². The van der Waals surface area contributed by atoms with Gasteiger partial charge in [-0.2, -0.15) is 0 Å². The third kappa shape index (κ3) is 3.40. The highest BCUT2D eigenvalue weighted by Crippen LogP contribution is 2.34. The van der Waals surface area contributed by atoms with Crippen LogP contribution in [0.2, 0.25) is 0 Å². The van der Waals surface area contributed by atoms with E-state index in [1.54, 1.807) is 0 Å². The average Bonchev–Trinajstić information content (AvgIpc) is 3.15. The standard InChI is InChI=1S/C13H22N4/c1-4-14-13-8-15-12(7-16-13)9-17(3)10(2)11-5-6-11/h7-8,10-11H,4-6,9H2,1-3H3,(H,14,16). The smallest absolute Gasteiger partial charge is 0.144 e. The van der Waals surface area contributed by atoms with Crippen LogP contribution < -0.4 is 5.32 Å². The first-order chi connectivity index (χ1) is 8.20. The van der Waals surface area contributed by atoms with Crippen LogP contribution in [-0.4, -0.2) is 34.5 Å². The zero-order valence-electron chi connectivity index (χ0n) is 11.0. The van der Waals surface area contributed by atoms with Crippen molar-refractivity contribution in [1.82, 2.24) is 14.9 Å². The van der Waals surface area contributed by atoms with Crippen LogP contribution in [0.15, 0.2) is 12.4 Å². The maximum atomic E-state index is 4.43. The van der Waals surface area contributed by atoms with Crippen molar-refractivity contribution in [2.24, 2.45) is 5.92 Å². The summed E-state index contributed by atoms with van der Waals surface area (Å²) in [7, 11) is 2.17. The Morgan fingerprint density at radius 3 is 2.71 bits per heavy atom. The molecule has 0 aliphatic heterocycles. The van der Waals surface area contributed by atoms with E-state index in [1.165, 1.54) is 12.8 Å². The van der Waals surface area contributed by atoms with Gasteiger partial charge in [0.1, 0.15) is 5.82 Å². The van der Waals surface area contributed by atoms with Gasteiger partial charge in [-0.15, -0.1) is 0 Å². The van der Waals surface area contributed by atoms with Gasteiger partial charge >= 0.3 is 0 Å². The lowest BCUT2D eigenvalue weighted by molar-refractivity contribution is 0.224. The minimum Gasteiger partial charge on any atom is -0.369 e. The minimum atomic E-state index is 0.658. The lowest BCUT2D eigenvalue weighted by atomic mass is 10.2. The molecule has 1 atom stereocenters. The molecule has 1 fully saturated rings. The fourth-order valence-electron chi connectivity index (χ4n) is 2.05. The van der Waals surface area contributed by atoms with Crippen molar-refractivity contribution in [3.05, 3.63) is 18.1 Å². The van der Waals surface area contributed by atoms with E-state index in [0.29, 0.717) is 6.04 Å². The number of anilines is 1. The zero-order chi connectivity index (χ0) is 12.3. The molecule has 1 aromatic heterocycles. The molecule has 0 amide bonds. The van der Waals surface area contributed by atoms with Crippen LogP contribution in [-0.2, 0) is 6.54 Å². The van der Waals surface area contributed by atoms with E-state index < -0.39 is 0 Å². The van der Waals surface area contributed by atoms with Crippen LogP contribution in [0.4, 0.5) is 5.82 Å². The Bertz CT molecular complexity index is 345. The molecular formula is C13H22N4. The summed E-state index contributed by atoms with van der Waals surface area (Å²) in [6.07, 6.45) is 6.45. The highest BCUT2D eigenvalue weighted by molar-refractivity contribution is 5.30. The summed E-state index contributed by atoms with van der Waals surface area (Å²) in [6.45, 7) is 6.13. The summed E-state index contributed by atoms with van der Waals surface area (Å²) in [5, 5.41) is 3.15. The SMILES string of the molecule is CCNc1cnc(CN(C)C(C)C2CC2)cn1. The van der Waals surface area contributed by atoms with Crippen molar-refractivity contribution in [2.75, 3.05) is 18.9 Å². The number of hydrogen-bond donors (Lipinski definition) is 1. The molecule has 1 aromatic rings. The topological polar surface area (TPSA) is 41.1 Å². The molecule has 2 rings (SSSR count). The van der Waals surface area contributed by atoms with Gasteiger partial charge in [0.25, 0.3) is 0 Å². The van der Waals surface area contributed by atoms with Crippen molar-refractivity contribution in [3.8, 4) is 0 Å². The molecule has 1 heterocycles. The molecule has 0 aromatic carbocycles. The van der Waals surface area contributed by atoms with Crippen molar-refractivity contribution >= 4 is 5.82 Å². The molecule has 1 aliphatic carbocycles. The molecule has 0 radical (unpaired) electrons. The summed E-state index contributed by atoms with van der Waals surface area (Å²) in [5.41, 5.74) is 1.04. The van der Waals surface area contributed by atoms with E-state index >= 15 is 0 Å². The summed E-state index contributed by atoms with van der Waals surface area (Å²) in [6, 6.07) is 0.658. The van der Waals surface area contributed by atoms with Crippen molar-refractivity contribution in [3.63, 3.8) is 0 Å². The molecule has 17 heavy (non-hydrogen) atoms. The van der Waals surface area contributed by atoms with Crippen LogP contribution in [0.25, 0.3) is 0 Å². The number of nitrogens with one attached hydrogen (secondary N) is 1. The molecule has 4 nitrogen and oxygen atoms in total. The Morgan fingerprint density at radius 2 is 2.18 bits per heavy atom. The molecule has 94 valence electrons. The van der Waals surface area contributed by atoms with Gasteiger partial charge in [-0.05, 0) is 39.7 Å². The lowest BCUT2D eigenvalue weighted by Crippen LogP contribution is -2.30. The second kappa shape index (κ2) is 5.45. The Kier molecular flexibility index (Phi) is 3.94. The predicted molar refractivity (Wildman–Crippen MR) is 69.8 cm³/mol. The number of rotatable bonds is 6. The average molecular weight is 234 g/mol. The summed E-state index contributed by atoms with van der Waals surface area (Å²) >= 11 is 0. The van der Waals surface area contributed by atoms with E-state index in [2.05, 4.69) is 41.1 Å². The highest BCUT2D eigenvalue weighted by Gasteiger charge is 2.30. The molecule has 1 saturated carbocycles. The van der Waals surface area contributed by atoms with Crippen molar-refractivity contribution < 1.29 is 0 Å². The molecule has 0 spiro atoms. The molecule has 1 aliphatic rings. The number of hydrogen-bond acceptors (Lipinski definition) is 4. The normalized spacial score (nSPS) is 17.2. The fraction of sp³-hybridized carbons (Fsp3) is 0.692. The third-order valence-corrected chi connectivity index (χ3v) is 3.47. The first-order valence-electron chi connectivity index (χ1n) is 6.45. The maximum absolute atomic E-state index is 4.43. The van der Waals surface area contributed by atoms with Crippen molar-refractivity contribution in [2.45, 2.75) is 39.3 Å². The van der Waals surface area contributed by atoms with Gasteiger partial charge in [0, 0.05) is 19.1 Å². The van der Waals surface area contributed by atoms with Crippen LogP contribution >= 0.6 is 0 Å². The Balaban J connectivity index is 1.88. The van der Waals surface area contributed by atoms with Crippen LogP contribution in [0.5, 0.6) is 0 Å². The van der Waals surface area contributed by atoms with Gasteiger partial charge < -0.3 is 5.32 Å². The van der Waals surface area contributed by atoms with E-state index in [1.807, 2.05) is 12.4 Å².